The van der Waals surface area contributed by atoms with E-state index >= 15 is 0 Å². The Balaban J connectivity index is 1.87. The lowest BCUT2D eigenvalue weighted by molar-refractivity contribution is -0.227. The molecular weight excluding hydrogens is 334 g/mol. The number of ether oxygens (including phenoxy) is 3. The van der Waals surface area contributed by atoms with Crippen LogP contribution in [0.2, 0.25) is 5.15 Å². The van der Waals surface area contributed by atoms with Crippen LogP contribution in [0.4, 0.5) is 0 Å². The highest BCUT2D eigenvalue weighted by Gasteiger charge is 2.69. The second-order valence-electron chi connectivity index (χ2n) is 7.01. The lowest BCUT2D eigenvalue weighted by Gasteiger charge is -2.33. The van der Waals surface area contributed by atoms with Gasteiger partial charge in [0.1, 0.15) is 28.8 Å². The van der Waals surface area contributed by atoms with E-state index in [1.807, 2.05) is 37.6 Å². The summed E-state index contributed by atoms with van der Waals surface area (Å²) in [5.41, 5.74) is -1.45. The van der Waals surface area contributed by atoms with Crippen molar-refractivity contribution < 1.29 is 19.0 Å². The molecule has 0 spiro atoms. The normalized spacial score (nSPS) is 37.7. The zero-order chi connectivity index (χ0) is 17.3. The van der Waals surface area contributed by atoms with Crippen molar-refractivity contribution in [2.24, 2.45) is 0 Å². The van der Waals surface area contributed by atoms with Gasteiger partial charge in [-0.05, 0) is 33.8 Å². The average molecular weight is 352 g/mol. The SMILES string of the molecule is CC1(C)O[C@H]2[C@H](n3ccc4c(Cl)ncnc43)OC(C)(C=O)[C@@]2(C)O1. The zero-order valence-corrected chi connectivity index (χ0v) is 14.6. The number of fused-ring (bicyclic) bond motifs is 2. The molecule has 0 aliphatic carbocycles. The third-order valence-electron chi connectivity index (χ3n) is 4.98. The molecule has 2 saturated heterocycles. The zero-order valence-electron chi connectivity index (χ0n) is 13.8. The molecule has 4 rings (SSSR count). The first-order chi connectivity index (χ1) is 11.2. The van der Waals surface area contributed by atoms with Gasteiger partial charge in [-0.15, -0.1) is 0 Å². The highest BCUT2D eigenvalue weighted by atomic mass is 35.5. The molecule has 4 atom stereocenters. The Kier molecular flexibility index (Phi) is 3.16. The first kappa shape index (κ1) is 16.0. The Morgan fingerprint density at radius 1 is 1.25 bits per heavy atom. The Morgan fingerprint density at radius 3 is 2.71 bits per heavy atom. The van der Waals surface area contributed by atoms with Crippen LogP contribution < -0.4 is 0 Å². The van der Waals surface area contributed by atoms with Crippen LogP contribution >= 0.6 is 11.6 Å². The van der Waals surface area contributed by atoms with Crippen molar-refractivity contribution in [3.05, 3.63) is 23.7 Å². The maximum Gasteiger partial charge on any atom is 0.166 e. The van der Waals surface area contributed by atoms with E-state index in [-0.39, 0.29) is 0 Å². The van der Waals surface area contributed by atoms with Crippen LogP contribution in [-0.2, 0) is 19.0 Å². The fourth-order valence-electron chi connectivity index (χ4n) is 3.65. The number of hydrogen-bond donors (Lipinski definition) is 0. The molecule has 8 heteroatoms. The number of hydrogen-bond acceptors (Lipinski definition) is 6. The maximum atomic E-state index is 11.8. The molecule has 0 amide bonds. The molecule has 1 unspecified atom stereocenters. The van der Waals surface area contributed by atoms with E-state index in [9.17, 15) is 4.79 Å². The highest BCUT2D eigenvalue weighted by Crippen LogP contribution is 2.54. The molecule has 2 fully saturated rings. The van der Waals surface area contributed by atoms with Crippen LogP contribution in [0.5, 0.6) is 0 Å². The lowest BCUT2D eigenvalue weighted by Crippen LogP contribution is -2.52. The van der Waals surface area contributed by atoms with E-state index in [0.29, 0.717) is 16.2 Å². The number of carbonyl (C=O) groups is 1. The van der Waals surface area contributed by atoms with Crippen molar-refractivity contribution in [3.8, 4) is 0 Å². The van der Waals surface area contributed by atoms with Gasteiger partial charge in [-0.2, -0.15) is 0 Å². The second kappa shape index (κ2) is 4.76. The Hall–Kier alpha value is -1.54. The van der Waals surface area contributed by atoms with Crippen molar-refractivity contribution in [1.29, 1.82) is 0 Å². The quantitative estimate of drug-likeness (QED) is 0.611. The van der Waals surface area contributed by atoms with Gasteiger partial charge in [0.15, 0.2) is 23.9 Å². The standard InChI is InChI=1S/C16H18ClN3O4/c1-14(2)22-10-13(23-15(3,7-21)16(10,4)24-14)20-6-5-9-11(17)18-8-19-12(9)20/h5-8,10,13H,1-4H3/t10-,13+,15?,16-/m0/s1. The molecular formula is C16H18ClN3O4. The maximum absolute atomic E-state index is 11.8. The minimum atomic E-state index is -1.15. The monoisotopic (exact) mass is 351 g/mol. The van der Waals surface area contributed by atoms with Crippen molar-refractivity contribution in [3.63, 3.8) is 0 Å². The van der Waals surface area contributed by atoms with Crippen LogP contribution in [-0.4, -0.2) is 43.9 Å². The molecule has 128 valence electrons. The molecule has 2 aromatic heterocycles. The highest BCUT2D eigenvalue weighted by molar-refractivity contribution is 6.33. The predicted molar refractivity (Wildman–Crippen MR) is 85.6 cm³/mol. The van der Waals surface area contributed by atoms with Gasteiger partial charge in [0, 0.05) is 6.20 Å². The van der Waals surface area contributed by atoms with E-state index in [0.717, 1.165) is 6.29 Å². The van der Waals surface area contributed by atoms with Crippen LogP contribution in [0.1, 0.15) is 33.9 Å². The molecule has 4 heterocycles. The Labute approximate surface area is 143 Å². The van der Waals surface area contributed by atoms with Crippen molar-refractivity contribution >= 4 is 28.9 Å². The fourth-order valence-corrected chi connectivity index (χ4v) is 3.84. The molecule has 0 bridgehead atoms. The first-order valence-corrected chi connectivity index (χ1v) is 8.08. The number of rotatable bonds is 2. The van der Waals surface area contributed by atoms with E-state index in [4.69, 9.17) is 25.8 Å². The summed E-state index contributed by atoms with van der Waals surface area (Å²) < 4.78 is 20.1. The van der Waals surface area contributed by atoms with E-state index in [1.54, 1.807) is 6.92 Å². The number of nitrogens with zero attached hydrogens (tertiary/aromatic N) is 3. The molecule has 24 heavy (non-hydrogen) atoms. The molecule has 2 aliphatic rings. The summed E-state index contributed by atoms with van der Waals surface area (Å²) in [5.74, 6) is -0.818. The summed E-state index contributed by atoms with van der Waals surface area (Å²) >= 11 is 6.13. The summed E-state index contributed by atoms with van der Waals surface area (Å²) in [5, 5.41) is 1.07. The van der Waals surface area contributed by atoms with Gasteiger partial charge in [0.2, 0.25) is 0 Å². The number of aldehydes is 1. The van der Waals surface area contributed by atoms with Gasteiger partial charge in [-0.25, -0.2) is 9.97 Å². The van der Waals surface area contributed by atoms with Crippen LogP contribution in [0.15, 0.2) is 18.6 Å². The molecule has 2 aromatic rings. The molecule has 0 radical (unpaired) electrons. The molecule has 7 nitrogen and oxygen atoms in total. The summed E-state index contributed by atoms with van der Waals surface area (Å²) in [6.07, 6.45) is 2.92. The molecule has 0 saturated carbocycles. The van der Waals surface area contributed by atoms with Gasteiger partial charge in [-0.3, -0.25) is 0 Å². The first-order valence-electron chi connectivity index (χ1n) is 7.70. The van der Waals surface area contributed by atoms with Gasteiger partial charge in [0.25, 0.3) is 0 Å². The van der Waals surface area contributed by atoms with E-state index in [2.05, 4.69) is 9.97 Å². The fraction of sp³-hybridized carbons (Fsp3) is 0.562. The number of carbonyl (C=O) groups excluding carboxylic acids is 1. The summed E-state index contributed by atoms with van der Waals surface area (Å²) in [7, 11) is 0. The van der Waals surface area contributed by atoms with Gasteiger partial charge in [-0.1, -0.05) is 11.6 Å². The lowest BCUT2D eigenvalue weighted by atomic mass is 9.85. The third kappa shape index (κ3) is 1.92. The Morgan fingerprint density at radius 2 is 2.00 bits per heavy atom. The number of halogens is 1. The third-order valence-corrected chi connectivity index (χ3v) is 5.28. The second-order valence-corrected chi connectivity index (χ2v) is 7.36. The Bertz CT molecular complexity index is 838. The summed E-state index contributed by atoms with van der Waals surface area (Å²) in [4.78, 5) is 20.1. The summed E-state index contributed by atoms with van der Waals surface area (Å²) in [6, 6.07) is 1.82. The van der Waals surface area contributed by atoms with Crippen LogP contribution in [0, 0.1) is 0 Å². The minimum Gasteiger partial charge on any atom is -0.339 e. The molecule has 0 aromatic carbocycles. The van der Waals surface area contributed by atoms with E-state index < -0.39 is 29.3 Å². The van der Waals surface area contributed by atoms with Crippen molar-refractivity contribution in [2.45, 2.75) is 57.0 Å². The molecule has 0 N–H and O–H groups in total. The summed E-state index contributed by atoms with van der Waals surface area (Å²) in [6.45, 7) is 7.21. The van der Waals surface area contributed by atoms with Crippen molar-refractivity contribution in [2.75, 3.05) is 0 Å². The number of aromatic nitrogens is 3. The topological polar surface area (TPSA) is 75.5 Å². The van der Waals surface area contributed by atoms with E-state index in [1.165, 1.54) is 6.33 Å². The van der Waals surface area contributed by atoms with Crippen LogP contribution in [0.3, 0.4) is 0 Å². The molecule has 2 aliphatic heterocycles. The average Bonchev–Trinajstić information content (AvgIpc) is 3.10. The minimum absolute atomic E-state index is 0.363. The largest absolute Gasteiger partial charge is 0.339 e. The van der Waals surface area contributed by atoms with Crippen molar-refractivity contribution in [1.82, 2.24) is 14.5 Å². The van der Waals surface area contributed by atoms with Gasteiger partial charge in [0.05, 0.1) is 5.39 Å². The van der Waals surface area contributed by atoms with Gasteiger partial charge < -0.3 is 23.6 Å². The predicted octanol–water partition coefficient (Wildman–Crippen LogP) is 2.48. The van der Waals surface area contributed by atoms with Crippen LogP contribution in [0.25, 0.3) is 11.0 Å². The smallest absolute Gasteiger partial charge is 0.166 e. The van der Waals surface area contributed by atoms with Gasteiger partial charge >= 0.3 is 0 Å².